The number of carbonyl (C=O) groups is 2. The predicted molar refractivity (Wildman–Crippen MR) is 86.5 cm³/mol. The molecule has 0 aliphatic carbocycles. The zero-order valence-electron chi connectivity index (χ0n) is 15.0. The minimum absolute atomic E-state index is 0.124. The van der Waals surface area contributed by atoms with Crippen molar-refractivity contribution in [1.29, 1.82) is 0 Å². The van der Waals surface area contributed by atoms with Crippen molar-refractivity contribution < 1.29 is 32.2 Å². The number of rotatable bonds is 3. The number of ether oxygens (including phenoxy) is 2. The van der Waals surface area contributed by atoms with Crippen LogP contribution in [0.2, 0.25) is 0 Å². The van der Waals surface area contributed by atoms with E-state index in [0.717, 1.165) is 6.07 Å². The standard InChI is InChI=1S/C17H22F3NO4/c1-9-11(10(2)14(22)24-6)7-8-12(17(18,19)20)13(9)21-15(23)25-16(3,4)5/h7-8,10H,1-6H3,(H,21,23). The summed E-state index contributed by atoms with van der Waals surface area (Å²) in [5.74, 6) is -1.38. The van der Waals surface area contributed by atoms with Crippen molar-refractivity contribution in [2.24, 2.45) is 0 Å². The lowest BCUT2D eigenvalue weighted by molar-refractivity contribution is -0.142. The maximum absolute atomic E-state index is 13.3. The van der Waals surface area contributed by atoms with Gasteiger partial charge in [-0.15, -0.1) is 0 Å². The number of carbonyl (C=O) groups excluding carboxylic acids is 2. The minimum atomic E-state index is -4.68. The van der Waals surface area contributed by atoms with E-state index in [1.54, 1.807) is 20.8 Å². The number of hydrogen-bond acceptors (Lipinski definition) is 4. The van der Waals surface area contributed by atoms with Crippen molar-refractivity contribution in [3.8, 4) is 0 Å². The van der Waals surface area contributed by atoms with Gasteiger partial charge in [-0.2, -0.15) is 13.2 Å². The van der Waals surface area contributed by atoms with Gasteiger partial charge in [0.15, 0.2) is 0 Å². The van der Waals surface area contributed by atoms with Crippen LogP contribution in [0.5, 0.6) is 0 Å². The van der Waals surface area contributed by atoms with Gasteiger partial charge in [0.05, 0.1) is 24.3 Å². The topological polar surface area (TPSA) is 64.6 Å². The average molecular weight is 361 g/mol. The Bertz CT molecular complexity index is 663. The molecule has 1 amide bonds. The van der Waals surface area contributed by atoms with Crippen LogP contribution in [-0.4, -0.2) is 24.8 Å². The molecule has 0 aliphatic rings. The molecule has 25 heavy (non-hydrogen) atoms. The third-order valence-electron chi connectivity index (χ3n) is 3.46. The van der Waals surface area contributed by atoms with Crippen LogP contribution in [-0.2, 0) is 20.4 Å². The lowest BCUT2D eigenvalue weighted by Crippen LogP contribution is -2.28. The normalized spacial score (nSPS) is 13.2. The molecule has 1 aromatic rings. The van der Waals surface area contributed by atoms with E-state index in [0.29, 0.717) is 5.56 Å². The fraction of sp³-hybridized carbons (Fsp3) is 0.529. The first-order chi connectivity index (χ1) is 11.3. The van der Waals surface area contributed by atoms with Gasteiger partial charge in [0.25, 0.3) is 0 Å². The number of hydrogen-bond donors (Lipinski definition) is 1. The fourth-order valence-electron chi connectivity index (χ4n) is 2.30. The van der Waals surface area contributed by atoms with Gasteiger partial charge in [-0.1, -0.05) is 6.07 Å². The summed E-state index contributed by atoms with van der Waals surface area (Å²) in [6.45, 7) is 7.70. The Morgan fingerprint density at radius 3 is 2.16 bits per heavy atom. The maximum Gasteiger partial charge on any atom is 0.418 e. The van der Waals surface area contributed by atoms with E-state index in [4.69, 9.17) is 4.74 Å². The first-order valence-electron chi connectivity index (χ1n) is 7.56. The molecule has 0 bridgehead atoms. The lowest BCUT2D eigenvalue weighted by Gasteiger charge is -2.23. The maximum atomic E-state index is 13.3. The molecule has 1 atom stereocenters. The van der Waals surface area contributed by atoms with E-state index in [9.17, 15) is 22.8 Å². The highest BCUT2D eigenvalue weighted by Crippen LogP contribution is 2.39. The number of anilines is 1. The van der Waals surface area contributed by atoms with E-state index in [1.807, 2.05) is 0 Å². The summed E-state index contributed by atoms with van der Waals surface area (Å²) in [7, 11) is 1.19. The molecule has 0 aromatic heterocycles. The molecule has 1 rings (SSSR count). The first kappa shape index (κ1) is 20.8. The number of nitrogens with one attached hydrogen (secondary N) is 1. The molecule has 0 saturated heterocycles. The molecule has 140 valence electrons. The fourth-order valence-corrected chi connectivity index (χ4v) is 2.30. The Balaban J connectivity index is 3.39. The Kier molecular flexibility index (Phi) is 6.09. The summed E-state index contributed by atoms with van der Waals surface area (Å²) in [5, 5.41) is 2.16. The zero-order chi connectivity index (χ0) is 19.6. The average Bonchev–Trinajstić information content (AvgIpc) is 2.44. The third kappa shape index (κ3) is 5.37. The molecule has 1 unspecified atom stereocenters. The van der Waals surface area contributed by atoms with E-state index < -0.39 is 41.0 Å². The van der Waals surface area contributed by atoms with E-state index >= 15 is 0 Å². The van der Waals surface area contributed by atoms with Crippen molar-refractivity contribution in [3.63, 3.8) is 0 Å². The highest BCUT2D eigenvalue weighted by molar-refractivity contribution is 5.88. The lowest BCUT2D eigenvalue weighted by atomic mass is 9.92. The largest absolute Gasteiger partial charge is 0.469 e. The number of halogens is 3. The van der Waals surface area contributed by atoms with Crippen molar-refractivity contribution in [1.82, 2.24) is 0 Å². The molecule has 0 heterocycles. The summed E-state index contributed by atoms with van der Waals surface area (Å²) >= 11 is 0. The molecular weight excluding hydrogens is 339 g/mol. The summed E-state index contributed by atoms with van der Waals surface area (Å²) < 4.78 is 49.5. The van der Waals surface area contributed by atoms with Crippen LogP contribution in [0, 0.1) is 6.92 Å². The zero-order valence-corrected chi connectivity index (χ0v) is 15.0. The third-order valence-corrected chi connectivity index (χ3v) is 3.46. The van der Waals surface area contributed by atoms with E-state index in [1.165, 1.54) is 27.0 Å². The summed E-state index contributed by atoms with van der Waals surface area (Å²) in [5.41, 5.74) is -1.87. The van der Waals surface area contributed by atoms with Gasteiger partial charge in [0.1, 0.15) is 5.60 Å². The molecule has 0 fully saturated rings. The molecule has 5 nitrogen and oxygen atoms in total. The van der Waals surface area contributed by atoms with E-state index in [2.05, 4.69) is 10.1 Å². The second-order valence-corrected chi connectivity index (χ2v) is 6.57. The van der Waals surface area contributed by atoms with Crippen LogP contribution in [0.3, 0.4) is 0 Å². The van der Waals surface area contributed by atoms with Gasteiger partial charge in [-0.05, 0) is 51.8 Å². The Morgan fingerprint density at radius 1 is 1.16 bits per heavy atom. The number of esters is 1. The Hall–Kier alpha value is -2.25. The van der Waals surface area contributed by atoms with Gasteiger partial charge in [-0.25, -0.2) is 4.79 Å². The molecule has 0 saturated carbocycles. The summed E-state index contributed by atoms with van der Waals surface area (Å²) in [6, 6.07) is 2.04. The molecule has 0 spiro atoms. The van der Waals surface area contributed by atoms with Gasteiger partial charge < -0.3 is 9.47 Å². The van der Waals surface area contributed by atoms with Crippen LogP contribution in [0.15, 0.2) is 12.1 Å². The second kappa shape index (κ2) is 7.33. The van der Waals surface area contributed by atoms with E-state index in [-0.39, 0.29) is 5.56 Å². The second-order valence-electron chi connectivity index (χ2n) is 6.57. The Morgan fingerprint density at radius 2 is 1.72 bits per heavy atom. The van der Waals surface area contributed by atoms with Crippen molar-refractivity contribution in [2.75, 3.05) is 12.4 Å². The molecule has 0 radical (unpaired) electrons. The monoisotopic (exact) mass is 361 g/mol. The molecule has 8 heteroatoms. The smallest absolute Gasteiger partial charge is 0.418 e. The molecule has 0 aliphatic heterocycles. The van der Waals surface area contributed by atoms with Crippen LogP contribution in [0.1, 0.15) is 50.3 Å². The summed E-state index contributed by atoms with van der Waals surface area (Å²) in [6.07, 6.45) is -5.69. The highest BCUT2D eigenvalue weighted by Gasteiger charge is 2.36. The number of alkyl halides is 3. The quantitative estimate of drug-likeness (QED) is 0.797. The molecule has 1 N–H and O–H groups in total. The Labute approximate surface area is 144 Å². The molecular formula is C17H22F3NO4. The van der Waals surface area contributed by atoms with Crippen molar-refractivity contribution >= 4 is 17.7 Å². The van der Waals surface area contributed by atoms with Crippen LogP contribution < -0.4 is 5.32 Å². The SMILES string of the molecule is COC(=O)C(C)c1ccc(C(F)(F)F)c(NC(=O)OC(C)(C)C)c1C. The van der Waals surface area contributed by atoms with Gasteiger partial charge in [0, 0.05) is 0 Å². The van der Waals surface area contributed by atoms with Gasteiger partial charge in [-0.3, -0.25) is 10.1 Å². The minimum Gasteiger partial charge on any atom is -0.469 e. The van der Waals surface area contributed by atoms with Crippen LogP contribution in [0.25, 0.3) is 0 Å². The van der Waals surface area contributed by atoms with Crippen LogP contribution in [0.4, 0.5) is 23.7 Å². The molecule has 1 aromatic carbocycles. The first-order valence-corrected chi connectivity index (χ1v) is 7.56. The van der Waals surface area contributed by atoms with Crippen molar-refractivity contribution in [3.05, 3.63) is 28.8 Å². The number of amides is 1. The van der Waals surface area contributed by atoms with Crippen LogP contribution >= 0.6 is 0 Å². The number of benzene rings is 1. The van der Waals surface area contributed by atoms with Gasteiger partial charge >= 0.3 is 18.2 Å². The van der Waals surface area contributed by atoms with Gasteiger partial charge in [0.2, 0.25) is 0 Å². The predicted octanol–water partition coefficient (Wildman–Crippen LogP) is 4.64. The summed E-state index contributed by atoms with van der Waals surface area (Å²) in [4.78, 5) is 23.6. The van der Waals surface area contributed by atoms with Crippen molar-refractivity contribution in [2.45, 2.75) is 52.3 Å². The highest BCUT2D eigenvalue weighted by atomic mass is 19.4. The number of methoxy groups -OCH3 is 1.